The van der Waals surface area contributed by atoms with Crippen LogP contribution in [0.25, 0.3) is 0 Å². The fourth-order valence-electron chi connectivity index (χ4n) is 5.89. The summed E-state index contributed by atoms with van der Waals surface area (Å²) in [5.41, 5.74) is 1.80. The fourth-order valence-corrected chi connectivity index (χ4v) is 5.89. The van der Waals surface area contributed by atoms with E-state index in [2.05, 4.69) is 31.3 Å². The number of fused-ring (bicyclic) bond motifs is 2. The lowest BCUT2D eigenvalue weighted by atomic mass is 9.94. The Hall–Kier alpha value is -3.26. The number of amides is 3. The number of halogens is 1. The Morgan fingerprint density at radius 2 is 1.65 bits per heavy atom. The van der Waals surface area contributed by atoms with Crippen LogP contribution in [0.5, 0.6) is 0 Å². The van der Waals surface area contributed by atoms with Gasteiger partial charge in [0.25, 0.3) is 5.91 Å². The first kappa shape index (κ1) is 25.4. The third-order valence-corrected chi connectivity index (χ3v) is 7.95. The molecule has 3 aliphatic rings. The molecule has 2 aromatic rings. The van der Waals surface area contributed by atoms with Gasteiger partial charge in [0, 0.05) is 19.8 Å². The molecule has 2 bridgehead atoms. The zero-order valence-corrected chi connectivity index (χ0v) is 21.5. The van der Waals surface area contributed by atoms with E-state index in [0.29, 0.717) is 12.3 Å². The molecule has 1 N–H and O–H groups in total. The molecule has 3 fully saturated rings. The molecule has 0 saturated carbocycles. The SMILES string of the molecule is CC(=O)N1CC2(C(=O)N3CC(F)CC3C(=O)NC(c3ccccc3)c3ccc(C(C)C)cc3)CC1CO2. The van der Waals surface area contributed by atoms with Gasteiger partial charge in [-0.3, -0.25) is 14.4 Å². The van der Waals surface area contributed by atoms with Crippen molar-refractivity contribution >= 4 is 17.7 Å². The summed E-state index contributed by atoms with van der Waals surface area (Å²) in [5, 5.41) is 3.10. The predicted octanol–water partition coefficient (Wildman–Crippen LogP) is 3.34. The quantitative estimate of drug-likeness (QED) is 0.651. The predicted molar refractivity (Wildman–Crippen MR) is 136 cm³/mol. The van der Waals surface area contributed by atoms with Crippen molar-refractivity contribution in [3.05, 3.63) is 71.3 Å². The molecule has 8 heteroatoms. The van der Waals surface area contributed by atoms with Gasteiger partial charge in [0.1, 0.15) is 12.2 Å². The van der Waals surface area contributed by atoms with Crippen LogP contribution in [0.2, 0.25) is 0 Å². The summed E-state index contributed by atoms with van der Waals surface area (Å²) >= 11 is 0. The topological polar surface area (TPSA) is 79.0 Å². The van der Waals surface area contributed by atoms with Gasteiger partial charge < -0.3 is 19.9 Å². The van der Waals surface area contributed by atoms with Crippen molar-refractivity contribution in [2.45, 2.75) is 69.4 Å². The number of morpholine rings is 1. The van der Waals surface area contributed by atoms with Crippen LogP contribution in [0.4, 0.5) is 4.39 Å². The van der Waals surface area contributed by atoms with Gasteiger partial charge in [0.05, 0.1) is 31.8 Å². The Morgan fingerprint density at radius 3 is 2.27 bits per heavy atom. The van der Waals surface area contributed by atoms with Gasteiger partial charge in [-0.15, -0.1) is 0 Å². The van der Waals surface area contributed by atoms with Crippen LogP contribution in [0.15, 0.2) is 54.6 Å². The normalized spacial score (nSPS) is 27.5. The number of nitrogens with zero attached hydrogens (tertiary/aromatic N) is 2. The van der Waals surface area contributed by atoms with Crippen LogP contribution in [0.3, 0.4) is 0 Å². The van der Waals surface area contributed by atoms with Crippen LogP contribution in [0, 0.1) is 0 Å². The third-order valence-electron chi connectivity index (χ3n) is 7.95. The Labute approximate surface area is 217 Å². The number of rotatable bonds is 6. The molecular formula is C29H34FN3O4. The van der Waals surface area contributed by atoms with Gasteiger partial charge in [0.15, 0.2) is 5.60 Å². The summed E-state index contributed by atoms with van der Waals surface area (Å²) in [6, 6.07) is 16.2. The molecule has 3 aliphatic heterocycles. The smallest absolute Gasteiger partial charge is 0.257 e. The molecule has 5 atom stereocenters. The number of likely N-dealkylation sites (tertiary alicyclic amines) is 2. The highest BCUT2D eigenvalue weighted by Gasteiger charge is 2.59. The lowest BCUT2D eigenvalue weighted by Gasteiger charge is -2.35. The largest absolute Gasteiger partial charge is 0.361 e. The number of carbonyl (C=O) groups excluding carboxylic acids is 3. The maximum atomic E-state index is 14.7. The summed E-state index contributed by atoms with van der Waals surface area (Å²) in [6.45, 7) is 5.98. The van der Waals surface area contributed by atoms with Crippen LogP contribution in [0.1, 0.15) is 62.3 Å². The van der Waals surface area contributed by atoms with Gasteiger partial charge in [-0.05, 0) is 22.6 Å². The fraction of sp³-hybridized carbons (Fsp3) is 0.483. The lowest BCUT2D eigenvalue weighted by Crippen LogP contribution is -2.57. The second-order valence-corrected chi connectivity index (χ2v) is 10.8. The molecule has 5 rings (SSSR count). The van der Waals surface area contributed by atoms with Gasteiger partial charge in [0.2, 0.25) is 11.8 Å². The third kappa shape index (κ3) is 4.75. The molecule has 2 aromatic carbocycles. The first-order chi connectivity index (χ1) is 17.7. The van der Waals surface area contributed by atoms with Crippen molar-refractivity contribution in [3.63, 3.8) is 0 Å². The molecule has 0 aromatic heterocycles. The number of hydrogen-bond acceptors (Lipinski definition) is 4. The maximum absolute atomic E-state index is 14.7. The Kier molecular flexibility index (Phi) is 6.79. The van der Waals surface area contributed by atoms with E-state index in [4.69, 9.17) is 4.74 Å². The van der Waals surface area contributed by atoms with Gasteiger partial charge in [-0.1, -0.05) is 68.4 Å². The van der Waals surface area contributed by atoms with Crippen molar-refractivity contribution < 1.29 is 23.5 Å². The van der Waals surface area contributed by atoms with E-state index in [1.807, 2.05) is 42.5 Å². The lowest BCUT2D eigenvalue weighted by molar-refractivity contribution is -0.161. The second kappa shape index (κ2) is 9.89. The Morgan fingerprint density at radius 1 is 1.00 bits per heavy atom. The standard InChI is InChI=1S/C29H34FN3O4/c1-18(2)20-9-11-22(12-10-20)26(21-7-5-4-6-8-21)31-27(35)25-13-23(30)15-32(25)28(36)29-14-24(16-37-29)33(17-29)19(3)34/h4-12,18,23-26H,13-17H2,1-3H3,(H,31,35). The van der Waals surface area contributed by atoms with Crippen molar-refractivity contribution in [1.82, 2.24) is 15.1 Å². The molecule has 3 heterocycles. The van der Waals surface area contributed by atoms with Gasteiger partial charge >= 0.3 is 0 Å². The van der Waals surface area contributed by atoms with Crippen LogP contribution in [-0.4, -0.2) is 71.1 Å². The summed E-state index contributed by atoms with van der Waals surface area (Å²) in [5.74, 6) is -0.542. The minimum absolute atomic E-state index is 0.0682. The molecule has 0 radical (unpaired) electrons. The number of ether oxygens (including phenoxy) is 1. The van der Waals surface area contributed by atoms with Crippen molar-refractivity contribution in [2.75, 3.05) is 19.7 Å². The average Bonchev–Trinajstić information content (AvgIpc) is 3.61. The monoisotopic (exact) mass is 507 g/mol. The first-order valence-corrected chi connectivity index (χ1v) is 13.0. The summed E-state index contributed by atoms with van der Waals surface area (Å²) < 4.78 is 20.6. The molecule has 7 nitrogen and oxygen atoms in total. The Bertz CT molecular complexity index is 1170. The molecular weight excluding hydrogens is 473 g/mol. The van der Waals surface area contributed by atoms with E-state index in [9.17, 15) is 18.8 Å². The number of nitrogens with one attached hydrogen (secondary N) is 1. The molecule has 37 heavy (non-hydrogen) atoms. The summed E-state index contributed by atoms with van der Waals surface area (Å²) in [7, 11) is 0. The zero-order chi connectivity index (χ0) is 26.3. The van der Waals surface area contributed by atoms with Crippen LogP contribution < -0.4 is 5.32 Å². The maximum Gasteiger partial charge on any atom is 0.257 e. The molecule has 3 saturated heterocycles. The van der Waals surface area contributed by atoms with E-state index in [1.165, 1.54) is 17.4 Å². The van der Waals surface area contributed by atoms with Crippen molar-refractivity contribution in [3.8, 4) is 0 Å². The Balaban J connectivity index is 1.39. The minimum Gasteiger partial charge on any atom is -0.361 e. The van der Waals surface area contributed by atoms with Crippen LogP contribution in [-0.2, 0) is 19.1 Å². The minimum atomic E-state index is -1.31. The van der Waals surface area contributed by atoms with E-state index >= 15 is 0 Å². The van der Waals surface area contributed by atoms with E-state index < -0.39 is 35.7 Å². The van der Waals surface area contributed by atoms with Crippen molar-refractivity contribution in [2.24, 2.45) is 0 Å². The molecule has 0 spiro atoms. The highest BCUT2D eigenvalue weighted by Crippen LogP contribution is 2.40. The molecule has 3 amide bonds. The summed E-state index contributed by atoms with van der Waals surface area (Å²) in [6.07, 6.45) is -0.998. The van der Waals surface area contributed by atoms with Gasteiger partial charge in [-0.2, -0.15) is 0 Å². The van der Waals surface area contributed by atoms with E-state index in [-0.39, 0.29) is 38.1 Å². The number of alkyl halides is 1. The number of benzene rings is 2. The summed E-state index contributed by atoms with van der Waals surface area (Å²) in [4.78, 5) is 42.3. The highest BCUT2D eigenvalue weighted by atomic mass is 19.1. The number of carbonyl (C=O) groups is 3. The zero-order valence-electron chi connectivity index (χ0n) is 21.5. The second-order valence-electron chi connectivity index (χ2n) is 10.8. The highest BCUT2D eigenvalue weighted by molar-refractivity contribution is 5.94. The molecule has 0 aliphatic carbocycles. The molecule has 196 valence electrons. The first-order valence-electron chi connectivity index (χ1n) is 13.0. The average molecular weight is 508 g/mol. The van der Waals surface area contributed by atoms with Gasteiger partial charge in [-0.25, -0.2) is 4.39 Å². The van der Waals surface area contributed by atoms with Crippen LogP contribution >= 0.6 is 0 Å². The van der Waals surface area contributed by atoms with E-state index in [1.54, 1.807) is 4.90 Å². The van der Waals surface area contributed by atoms with E-state index in [0.717, 1.165) is 11.1 Å². The number of hydrogen-bond donors (Lipinski definition) is 1. The van der Waals surface area contributed by atoms with Crippen molar-refractivity contribution in [1.29, 1.82) is 0 Å². The molecule has 5 unspecified atom stereocenters.